The van der Waals surface area contributed by atoms with E-state index >= 15 is 0 Å². The second-order valence-electron chi connectivity index (χ2n) is 6.13. The first-order chi connectivity index (χ1) is 12.5. The Morgan fingerprint density at radius 2 is 1.38 bits per heavy atom. The molecule has 1 saturated heterocycles. The van der Waals surface area contributed by atoms with Crippen LogP contribution in [0.25, 0.3) is 0 Å². The SMILES string of the molecule is O=C(CN1CCN(C(=O)c2ccc(F)cc2)CC1)Nc1ccc(F)cc1. The summed E-state index contributed by atoms with van der Waals surface area (Å²) >= 11 is 0. The smallest absolute Gasteiger partial charge is 0.253 e. The molecule has 0 spiro atoms. The lowest BCUT2D eigenvalue weighted by Crippen LogP contribution is -2.50. The molecule has 0 atom stereocenters. The van der Waals surface area contributed by atoms with Crippen LogP contribution in [-0.2, 0) is 4.79 Å². The lowest BCUT2D eigenvalue weighted by molar-refractivity contribution is -0.117. The number of nitrogens with zero attached hydrogens (tertiary/aromatic N) is 2. The molecule has 1 N–H and O–H groups in total. The van der Waals surface area contributed by atoms with Crippen LogP contribution in [0.4, 0.5) is 14.5 Å². The number of piperazine rings is 1. The summed E-state index contributed by atoms with van der Waals surface area (Å²) in [6.45, 7) is 2.35. The van der Waals surface area contributed by atoms with Gasteiger partial charge in [-0.15, -0.1) is 0 Å². The van der Waals surface area contributed by atoms with Gasteiger partial charge in [0, 0.05) is 37.4 Å². The van der Waals surface area contributed by atoms with Crippen molar-refractivity contribution in [3.63, 3.8) is 0 Å². The largest absolute Gasteiger partial charge is 0.336 e. The molecule has 3 rings (SSSR count). The summed E-state index contributed by atoms with van der Waals surface area (Å²) in [5, 5.41) is 2.72. The molecule has 5 nitrogen and oxygen atoms in total. The average Bonchev–Trinajstić information content (AvgIpc) is 2.64. The van der Waals surface area contributed by atoms with E-state index < -0.39 is 0 Å². The van der Waals surface area contributed by atoms with Crippen LogP contribution in [0, 0.1) is 11.6 Å². The molecule has 1 aliphatic heterocycles. The van der Waals surface area contributed by atoms with E-state index in [1.54, 1.807) is 4.90 Å². The molecular formula is C19H19F2N3O2. The van der Waals surface area contributed by atoms with Gasteiger partial charge < -0.3 is 10.2 Å². The van der Waals surface area contributed by atoms with Crippen LogP contribution in [0.3, 0.4) is 0 Å². The summed E-state index contributed by atoms with van der Waals surface area (Å²) in [4.78, 5) is 28.1. The van der Waals surface area contributed by atoms with Gasteiger partial charge in [0.15, 0.2) is 0 Å². The van der Waals surface area contributed by atoms with Crippen LogP contribution in [0.2, 0.25) is 0 Å². The minimum Gasteiger partial charge on any atom is -0.336 e. The Kier molecular flexibility index (Phi) is 5.58. The van der Waals surface area contributed by atoms with Crippen molar-refractivity contribution in [1.29, 1.82) is 0 Å². The van der Waals surface area contributed by atoms with E-state index in [2.05, 4.69) is 5.32 Å². The molecule has 0 aromatic heterocycles. The third-order valence-corrected chi connectivity index (χ3v) is 4.25. The summed E-state index contributed by atoms with van der Waals surface area (Å²) < 4.78 is 25.8. The fraction of sp³-hybridized carbons (Fsp3) is 0.263. The highest BCUT2D eigenvalue weighted by molar-refractivity contribution is 5.94. The Bertz CT molecular complexity index is 770. The van der Waals surface area contributed by atoms with E-state index in [-0.39, 0.29) is 30.0 Å². The standard InChI is InChI=1S/C19H19F2N3O2/c20-15-3-1-14(2-4-15)19(26)24-11-9-23(10-12-24)13-18(25)22-17-7-5-16(21)6-8-17/h1-8H,9-13H2,(H,22,25). The number of anilines is 1. The predicted octanol–water partition coefficient (Wildman–Crippen LogP) is 2.36. The maximum atomic E-state index is 13.0. The molecule has 1 aliphatic rings. The van der Waals surface area contributed by atoms with E-state index in [0.717, 1.165) is 0 Å². The molecule has 1 heterocycles. The molecular weight excluding hydrogens is 340 g/mol. The fourth-order valence-electron chi connectivity index (χ4n) is 2.82. The maximum absolute atomic E-state index is 13.0. The first-order valence-electron chi connectivity index (χ1n) is 8.34. The van der Waals surface area contributed by atoms with Crippen LogP contribution >= 0.6 is 0 Å². The van der Waals surface area contributed by atoms with Crippen molar-refractivity contribution < 1.29 is 18.4 Å². The van der Waals surface area contributed by atoms with Crippen LogP contribution in [0.15, 0.2) is 48.5 Å². The van der Waals surface area contributed by atoms with Gasteiger partial charge in [-0.05, 0) is 48.5 Å². The molecule has 2 aromatic rings. The Balaban J connectivity index is 1.47. The predicted molar refractivity (Wildman–Crippen MR) is 93.8 cm³/mol. The summed E-state index contributed by atoms with van der Waals surface area (Å²) in [5.74, 6) is -1.06. The van der Waals surface area contributed by atoms with Crippen molar-refractivity contribution in [1.82, 2.24) is 9.80 Å². The van der Waals surface area contributed by atoms with Crippen LogP contribution in [0.5, 0.6) is 0 Å². The van der Waals surface area contributed by atoms with Crippen LogP contribution in [-0.4, -0.2) is 54.3 Å². The summed E-state index contributed by atoms with van der Waals surface area (Å²) in [5.41, 5.74) is 0.996. The van der Waals surface area contributed by atoms with E-state index in [9.17, 15) is 18.4 Å². The second-order valence-corrected chi connectivity index (χ2v) is 6.13. The topological polar surface area (TPSA) is 52.7 Å². The van der Waals surface area contributed by atoms with E-state index in [1.165, 1.54) is 48.5 Å². The lowest BCUT2D eigenvalue weighted by atomic mass is 10.2. The van der Waals surface area contributed by atoms with E-state index in [1.807, 2.05) is 4.90 Å². The monoisotopic (exact) mass is 359 g/mol. The number of carbonyl (C=O) groups excluding carboxylic acids is 2. The molecule has 0 bridgehead atoms. The number of hydrogen-bond donors (Lipinski definition) is 1. The molecule has 0 saturated carbocycles. The molecule has 2 amide bonds. The van der Waals surface area contributed by atoms with Crippen molar-refractivity contribution in [2.24, 2.45) is 0 Å². The summed E-state index contributed by atoms with van der Waals surface area (Å²) in [6.07, 6.45) is 0. The first kappa shape index (κ1) is 18.0. The Hall–Kier alpha value is -2.80. The van der Waals surface area contributed by atoms with Gasteiger partial charge in [-0.25, -0.2) is 8.78 Å². The summed E-state index contributed by atoms with van der Waals surface area (Å²) in [7, 11) is 0. The lowest BCUT2D eigenvalue weighted by Gasteiger charge is -2.34. The van der Waals surface area contributed by atoms with Gasteiger partial charge in [0.05, 0.1) is 6.54 Å². The molecule has 2 aromatic carbocycles. The third-order valence-electron chi connectivity index (χ3n) is 4.25. The molecule has 1 fully saturated rings. The zero-order chi connectivity index (χ0) is 18.5. The number of hydrogen-bond acceptors (Lipinski definition) is 3. The minimum atomic E-state index is -0.376. The van der Waals surface area contributed by atoms with Gasteiger partial charge in [0.2, 0.25) is 5.91 Å². The van der Waals surface area contributed by atoms with Gasteiger partial charge in [-0.1, -0.05) is 0 Å². The van der Waals surface area contributed by atoms with Gasteiger partial charge in [0.25, 0.3) is 5.91 Å². The third kappa shape index (κ3) is 4.64. The zero-order valence-electron chi connectivity index (χ0n) is 14.1. The van der Waals surface area contributed by atoms with E-state index in [4.69, 9.17) is 0 Å². The molecule has 0 radical (unpaired) electrons. The van der Waals surface area contributed by atoms with Crippen molar-refractivity contribution in [3.05, 3.63) is 65.7 Å². The van der Waals surface area contributed by atoms with E-state index in [0.29, 0.717) is 37.4 Å². The van der Waals surface area contributed by atoms with Crippen molar-refractivity contribution in [2.75, 3.05) is 38.0 Å². The molecule has 136 valence electrons. The fourth-order valence-corrected chi connectivity index (χ4v) is 2.82. The Labute approximate surface area is 150 Å². The van der Waals surface area contributed by atoms with Gasteiger partial charge >= 0.3 is 0 Å². The minimum absolute atomic E-state index is 0.139. The summed E-state index contributed by atoms with van der Waals surface area (Å²) in [6, 6.07) is 11.1. The van der Waals surface area contributed by atoms with Crippen LogP contribution in [0.1, 0.15) is 10.4 Å². The molecule has 26 heavy (non-hydrogen) atoms. The zero-order valence-corrected chi connectivity index (χ0v) is 14.1. The van der Waals surface area contributed by atoms with Gasteiger partial charge in [-0.3, -0.25) is 14.5 Å². The number of nitrogens with one attached hydrogen (secondary N) is 1. The van der Waals surface area contributed by atoms with Crippen LogP contribution < -0.4 is 5.32 Å². The first-order valence-corrected chi connectivity index (χ1v) is 8.34. The highest BCUT2D eigenvalue weighted by Crippen LogP contribution is 2.11. The highest BCUT2D eigenvalue weighted by atomic mass is 19.1. The number of rotatable bonds is 4. The second kappa shape index (κ2) is 8.05. The van der Waals surface area contributed by atoms with Gasteiger partial charge in [0.1, 0.15) is 11.6 Å². The number of halogens is 2. The molecule has 0 aliphatic carbocycles. The van der Waals surface area contributed by atoms with Crippen molar-refractivity contribution >= 4 is 17.5 Å². The maximum Gasteiger partial charge on any atom is 0.253 e. The Morgan fingerprint density at radius 3 is 1.96 bits per heavy atom. The van der Waals surface area contributed by atoms with Crippen molar-refractivity contribution in [2.45, 2.75) is 0 Å². The quantitative estimate of drug-likeness (QED) is 0.912. The normalized spacial score (nSPS) is 14.9. The average molecular weight is 359 g/mol. The molecule has 7 heteroatoms. The Morgan fingerprint density at radius 1 is 0.846 bits per heavy atom. The van der Waals surface area contributed by atoms with Gasteiger partial charge in [-0.2, -0.15) is 0 Å². The number of amides is 2. The van der Waals surface area contributed by atoms with Crippen molar-refractivity contribution in [3.8, 4) is 0 Å². The highest BCUT2D eigenvalue weighted by Gasteiger charge is 2.23. The molecule has 0 unspecified atom stereocenters. The number of carbonyl (C=O) groups is 2. The number of benzene rings is 2.